The fourth-order valence-electron chi connectivity index (χ4n) is 4.07. The van der Waals surface area contributed by atoms with Crippen LogP contribution < -0.4 is 5.32 Å². The normalized spacial score (nSPS) is 26.1. The molecule has 2 atom stereocenters. The van der Waals surface area contributed by atoms with Gasteiger partial charge in [-0.15, -0.1) is 0 Å². The Morgan fingerprint density at radius 1 is 1.42 bits per heavy atom. The van der Waals surface area contributed by atoms with Crippen LogP contribution in [-0.4, -0.2) is 54.4 Å². The molecule has 1 saturated carbocycles. The van der Waals surface area contributed by atoms with E-state index in [4.69, 9.17) is 4.74 Å². The molecule has 1 amide bonds. The zero-order valence-corrected chi connectivity index (χ0v) is 14.6. The zero-order valence-electron chi connectivity index (χ0n) is 14.6. The second-order valence-corrected chi connectivity index (χ2v) is 7.12. The van der Waals surface area contributed by atoms with Gasteiger partial charge in [-0.3, -0.25) is 9.69 Å². The molecule has 2 fully saturated rings. The molecule has 5 nitrogen and oxygen atoms in total. The molecule has 1 aromatic carbocycles. The van der Waals surface area contributed by atoms with E-state index in [0.717, 1.165) is 43.6 Å². The van der Waals surface area contributed by atoms with E-state index in [2.05, 4.69) is 10.2 Å². The number of carbonyl (C=O) groups excluding carboxylic acids is 1. The number of amides is 1. The number of nitrogens with zero attached hydrogens (tertiary/aromatic N) is 1. The van der Waals surface area contributed by atoms with Crippen LogP contribution in [-0.2, 0) is 9.53 Å². The maximum Gasteiger partial charge on any atom is 0.238 e. The van der Waals surface area contributed by atoms with Crippen molar-refractivity contribution in [3.63, 3.8) is 0 Å². The molecule has 0 aromatic heterocycles. The molecule has 1 saturated heterocycles. The second-order valence-electron chi connectivity index (χ2n) is 7.12. The minimum absolute atomic E-state index is 0.0204. The van der Waals surface area contributed by atoms with Crippen molar-refractivity contribution in [2.45, 2.75) is 45.3 Å². The van der Waals surface area contributed by atoms with Crippen molar-refractivity contribution >= 4 is 11.6 Å². The van der Waals surface area contributed by atoms with Crippen molar-refractivity contribution in [1.29, 1.82) is 0 Å². The summed E-state index contributed by atoms with van der Waals surface area (Å²) >= 11 is 0. The van der Waals surface area contributed by atoms with Gasteiger partial charge in [0.15, 0.2) is 0 Å². The number of carbonyl (C=O) groups is 1. The highest BCUT2D eigenvalue weighted by atomic mass is 16.5. The van der Waals surface area contributed by atoms with Gasteiger partial charge in [0.2, 0.25) is 5.91 Å². The van der Waals surface area contributed by atoms with Crippen LogP contribution >= 0.6 is 0 Å². The second kappa shape index (κ2) is 7.21. The lowest BCUT2D eigenvalue weighted by Crippen LogP contribution is -2.62. The molecule has 1 aliphatic carbocycles. The molecule has 1 aliphatic heterocycles. The van der Waals surface area contributed by atoms with Gasteiger partial charge in [-0.1, -0.05) is 12.1 Å². The summed E-state index contributed by atoms with van der Waals surface area (Å²) in [5.74, 6) is 0.0204. The van der Waals surface area contributed by atoms with Crippen molar-refractivity contribution in [1.82, 2.24) is 4.90 Å². The number of hydrogen-bond acceptors (Lipinski definition) is 4. The summed E-state index contributed by atoms with van der Waals surface area (Å²) in [5.41, 5.74) is 1.90. The standard InChI is InChI=1S/C19H28N2O3/c1-3-24-17-12-16(22)19(17)7-9-21(10-8-19)13-18(23)20-15-6-4-5-14(2)11-15/h4-6,11,16-17,22H,3,7-10,12-13H2,1-2H3,(H,20,23). The predicted octanol–water partition coefficient (Wildman–Crippen LogP) is 2.19. The van der Waals surface area contributed by atoms with E-state index >= 15 is 0 Å². The lowest BCUT2D eigenvalue weighted by atomic mass is 9.58. The number of benzene rings is 1. The minimum Gasteiger partial charge on any atom is -0.392 e. The third-order valence-corrected chi connectivity index (χ3v) is 5.57. The fraction of sp³-hybridized carbons (Fsp3) is 0.632. The summed E-state index contributed by atoms with van der Waals surface area (Å²) in [6.45, 7) is 6.78. The van der Waals surface area contributed by atoms with Crippen molar-refractivity contribution in [2.75, 3.05) is 31.6 Å². The summed E-state index contributed by atoms with van der Waals surface area (Å²) in [4.78, 5) is 14.4. The molecule has 132 valence electrons. The van der Waals surface area contributed by atoms with E-state index in [0.29, 0.717) is 13.2 Å². The third kappa shape index (κ3) is 3.48. The van der Waals surface area contributed by atoms with Crippen LogP contribution in [0.15, 0.2) is 24.3 Å². The Morgan fingerprint density at radius 2 is 2.17 bits per heavy atom. The van der Waals surface area contributed by atoms with E-state index in [1.807, 2.05) is 38.1 Å². The molecule has 2 N–H and O–H groups in total. The molecule has 5 heteroatoms. The van der Waals surface area contributed by atoms with E-state index in [1.165, 1.54) is 0 Å². The number of anilines is 1. The predicted molar refractivity (Wildman–Crippen MR) is 94.0 cm³/mol. The Kier molecular flexibility index (Phi) is 5.23. The molecule has 1 spiro atoms. The van der Waals surface area contributed by atoms with Crippen LogP contribution in [0.2, 0.25) is 0 Å². The number of hydrogen-bond donors (Lipinski definition) is 2. The molecular weight excluding hydrogens is 304 g/mol. The van der Waals surface area contributed by atoms with Crippen molar-refractivity contribution in [2.24, 2.45) is 5.41 Å². The first-order valence-corrected chi connectivity index (χ1v) is 8.92. The average molecular weight is 332 g/mol. The summed E-state index contributed by atoms with van der Waals surface area (Å²) in [6.07, 6.45) is 2.48. The fourth-order valence-corrected chi connectivity index (χ4v) is 4.07. The summed E-state index contributed by atoms with van der Waals surface area (Å²) in [6, 6.07) is 7.84. The Bertz CT molecular complexity index is 580. The van der Waals surface area contributed by atoms with Crippen LogP contribution in [0.1, 0.15) is 31.7 Å². The van der Waals surface area contributed by atoms with Gasteiger partial charge in [0.25, 0.3) is 0 Å². The maximum absolute atomic E-state index is 12.2. The summed E-state index contributed by atoms with van der Waals surface area (Å²) < 4.78 is 5.79. The van der Waals surface area contributed by atoms with Gasteiger partial charge in [0.1, 0.15) is 0 Å². The van der Waals surface area contributed by atoms with Gasteiger partial charge in [-0.2, -0.15) is 0 Å². The highest BCUT2D eigenvalue weighted by Crippen LogP contribution is 2.50. The van der Waals surface area contributed by atoms with Crippen LogP contribution in [0.3, 0.4) is 0 Å². The molecule has 2 unspecified atom stereocenters. The van der Waals surface area contributed by atoms with Crippen LogP contribution in [0, 0.1) is 12.3 Å². The quantitative estimate of drug-likeness (QED) is 0.868. The molecule has 1 aromatic rings. The smallest absolute Gasteiger partial charge is 0.238 e. The largest absolute Gasteiger partial charge is 0.392 e. The number of aliphatic hydroxyl groups is 1. The molecule has 2 aliphatic rings. The van der Waals surface area contributed by atoms with E-state index in [-0.39, 0.29) is 23.5 Å². The SMILES string of the molecule is CCOC1CC(O)C12CCN(CC(=O)Nc1cccc(C)c1)CC2. The Hall–Kier alpha value is -1.43. The number of aliphatic hydroxyl groups excluding tert-OH is 1. The highest BCUT2D eigenvalue weighted by Gasteiger charge is 2.55. The number of nitrogens with one attached hydrogen (secondary N) is 1. The van der Waals surface area contributed by atoms with Gasteiger partial charge in [-0.25, -0.2) is 0 Å². The first-order chi connectivity index (χ1) is 11.5. The lowest BCUT2D eigenvalue weighted by Gasteiger charge is -2.56. The van der Waals surface area contributed by atoms with Gasteiger partial charge in [0.05, 0.1) is 18.8 Å². The number of aryl methyl sites for hydroxylation is 1. The molecular formula is C19H28N2O3. The Morgan fingerprint density at radius 3 is 2.79 bits per heavy atom. The molecule has 0 radical (unpaired) electrons. The highest BCUT2D eigenvalue weighted by molar-refractivity contribution is 5.92. The monoisotopic (exact) mass is 332 g/mol. The zero-order chi connectivity index (χ0) is 17.2. The van der Waals surface area contributed by atoms with E-state index in [9.17, 15) is 9.90 Å². The molecule has 3 rings (SSSR count). The van der Waals surface area contributed by atoms with Crippen molar-refractivity contribution in [3.8, 4) is 0 Å². The van der Waals surface area contributed by atoms with E-state index in [1.54, 1.807) is 0 Å². The van der Waals surface area contributed by atoms with E-state index < -0.39 is 0 Å². The topological polar surface area (TPSA) is 61.8 Å². The van der Waals surface area contributed by atoms with Crippen molar-refractivity contribution < 1.29 is 14.6 Å². The first kappa shape index (κ1) is 17.4. The summed E-state index contributed by atoms with van der Waals surface area (Å²) in [5, 5.41) is 13.2. The van der Waals surface area contributed by atoms with Gasteiger partial charge in [-0.05, 0) is 57.5 Å². The first-order valence-electron chi connectivity index (χ1n) is 8.92. The van der Waals surface area contributed by atoms with Crippen LogP contribution in [0.5, 0.6) is 0 Å². The van der Waals surface area contributed by atoms with Gasteiger partial charge >= 0.3 is 0 Å². The third-order valence-electron chi connectivity index (χ3n) is 5.57. The number of likely N-dealkylation sites (tertiary alicyclic amines) is 1. The molecule has 1 heterocycles. The van der Waals surface area contributed by atoms with Gasteiger partial charge < -0.3 is 15.2 Å². The Balaban J connectivity index is 1.49. The van der Waals surface area contributed by atoms with Crippen LogP contribution in [0.4, 0.5) is 5.69 Å². The lowest BCUT2D eigenvalue weighted by molar-refractivity contribution is -0.209. The number of rotatable bonds is 5. The van der Waals surface area contributed by atoms with Gasteiger partial charge in [0, 0.05) is 24.1 Å². The average Bonchev–Trinajstić information content (AvgIpc) is 2.55. The molecule has 24 heavy (non-hydrogen) atoms. The van der Waals surface area contributed by atoms with Crippen molar-refractivity contribution in [3.05, 3.63) is 29.8 Å². The number of ether oxygens (including phenoxy) is 1. The van der Waals surface area contributed by atoms with Crippen LogP contribution in [0.25, 0.3) is 0 Å². The molecule has 0 bridgehead atoms. The maximum atomic E-state index is 12.2. The number of piperidine rings is 1. The summed E-state index contributed by atoms with van der Waals surface area (Å²) in [7, 11) is 0. The minimum atomic E-state index is -0.252. The Labute approximate surface area is 144 Å².